The summed E-state index contributed by atoms with van der Waals surface area (Å²) in [4.78, 5) is 9.44. The van der Waals surface area contributed by atoms with E-state index in [0.717, 1.165) is 45.5 Å². The van der Waals surface area contributed by atoms with Crippen LogP contribution in [0.4, 0.5) is 13.2 Å². The third-order valence-electron chi connectivity index (χ3n) is 5.90. The SMILES string of the molecule is N#Cc1cc(C(F)(F)F)ccc1CSC1=NC2(CC2)c2cc(-c3nc4ccccc4o3)nnc2S1. The van der Waals surface area contributed by atoms with Gasteiger partial charge in [-0.1, -0.05) is 30.0 Å². The number of aliphatic imine (C=N–C) groups is 1. The number of alkyl halides is 3. The third kappa shape index (κ3) is 4.06. The van der Waals surface area contributed by atoms with Gasteiger partial charge in [-0.15, -0.1) is 10.2 Å². The second-order valence-electron chi connectivity index (χ2n) is 8.22. The van der Waals surface area contributed by atoms with Crippen molar-refractivity contribution < 1.29 is 17.6 Å². The molecular weight excluding hydrogens is 495 g/mol. The quantitative estimate of drug-likeness (QED) is 0.309. The highest BCUT2D eigenvalue weighted by atomic mass is 32.2. The number of benzene rings is 2. The number of hydrogen-bond donors (Lipinski definition) is 0. The van der Waals surface area contributed by atoms with Gasteiger partial charge in [-0.05, 0) is 60.5 Å². The lowest BCUT2D eigenvalue weighted by molar-refractivity contribution is -0.137. The molecule has 1 spiro atoms. The monoisotopic (exact) mass is 509 g/mol. The number of rotatable bonds is 3. The minimum absolute atomic E-state index is 0.0121. The van der Waals surface area contributed by atoms with Crippen molar-refractivity contribution in [2.45, 2.75) is 35.3 Å². The molecule has 0 bridgehead atoms. The highest BCUT2D eigenvalue weighted by Crippen LogP contribution is 2.56. The van der Waals surface area contributed by atoms with Gasteiger partial charge >= 0.3 is 6.18 Å². The summed E-state index contributed by atoms with van der Waals surface area (Å²) in [7, 11) is 0. The molecule has 1 fully saturated rings. The van der Waals surface area contributed by atoms with E-state index >= 15 is 0 Å². The zero-order chi connectivity index (χ0) is 24.2. The predicted octanol–water partition coefficient (Wildman–Crippen LogP) is 6.56. The summed E-state index contributed by atoms with van der Waals surface area (Å²) in [5.41, 5.74) is 2.27. The Balaban J connectivity index is 1.24. The van der Waals surface area contributed by atoms with E-state index in [0.29, 0.717) is 28.5 Å². The zero-order valence-corrected chi connectivity index (χ0v) is 19.5. The lowest BCUT2D eigenvalue weighted by atomic mass is 10.1. The number of thioether (sulfide) groups is 2. The number of oxazole rings is 1. The van der Waals surface area contributed by atoms with E-state index < -0.39 is 11.7 Å². The van der Waals surface area contributed by atoms with Crippen molar-refractivity contribution in [1.29, 1.82) is 5.26 Å². The number of halogens is 3. The molecule has 6 nitrogen and oxygen atoms in total. The summed E-state index contributed by atoms with van der Waals surface area (Å²) in [5.74, 6) is 0.727. The Labute approximate surface area is 205 Å². The van der Waals surface area contributed by atoms with Gasteiger partial charge in [0.05, 0.1) is 22.7 Å². The minimum atomic E-state index is -4.49. The summed E-state index contributed by atoms with van der Waals surface area (Å²) in [6.45, 7) is 0. The maximum absolute atomic E-state index is 13.0. The molecule has 1 aliphatic carbocycles. The Hall–Kier alpha value is -3.36. The van der Waals surface area contributed by atoms with Crippen molar-refractivity contribution in [3.63, 3.8) is 0 Å². The maximum Gasteiger partial charge on any atom is 0.416 e. The Kier molecular flexibility index (Phi) is 5.12. The molecule has 1 saturated carbocycles. The van der Waals surface area contributed by atoms with Crippen molar-refractivity contribution in [3.05, 3.63) is 70.8 Å². The van der Waals surface area contributed by atoms with Gasteiger partial charge in [0, 0.05) is 11.3 Å². The molecule has 0 radical (unpaired) electrons. The van der Waals surface area contributed by atoms with Crippen LogP contribution in [0, 0.1) is 11.3 Å². The molecule has 174 valence electrons. The van der Waals surface area contributed by atoms with Crippen LogP contribution in [0.5, 0.6) is 0 Å². The van der Waals surface area contributed by atoms with Crippen molar-refractivity contribution in [2.75, 3.05) is 0 Å². The number of nitriles is 1. The molecule has 0 unspecified atom stereocenters. The Bertz CT molecular complexity index is 1520. The normalized spacial score (nSPS) is 16.1. The molecule has 2 aromatic heterocycles. The first kappa shape index (κ1) is 22.1. The average Bonchev–Trinajstić information content (AvgIpc) is 3.47. The molecule has 0 saturated heterocycles. The average molecular weight is 510 g/mol. The molecule has 11 heteroatoms. The maximum atomic E-state index is 13.0. The molecular formula is C24H14F3N5OS2. The van der Waals surface area contributed by atoms with E-state index in [-0.39, 0.29) is 11.1 Å². The molecule has 3 heterocycles. The summed E-state index contributed by atoms with van der Waals surface area (Å²) in [6, 6.07) is 14.5. The number of aromatic nitrogens is 3. The van der Waals surface area contributed by atoms with Crippen LogP contribution in [0.3, 0.4) is 0 Å². The molecule has 1 aliphatic heterocycles. The number of fused-ring (bicyclic) bond motifs is 3. The standard InChI is InChI=1S/C24H14F3N5OS2/c25-24(26,27)15-6-5-13(14(9-15)11-28)12-34-22-30-23(7-8-23)16-10-18(31-32-21(16)35-22)20-29-17-3-1-2-4-19(17)33-20/h1-6,9-10H,7-8,12H2. The summed E-state index contributed by atoms with van der Waals surface area (Å²) < 4.78 is 45.5. The molecule has 0 amide bonds. The first-order chi connectivity index (χ1) is 16.8. The largest absolute Gasteiger partial charge is 0.435 e. The van der Waals surface area contributed by atoms with Crippen molar-refractivity contribution in [1.82, 2.24) is 15.2 Å². The summed E-state index contributed by atoms with van der Waals surface area (Å²) in [6.07, 6.45) is -2.75. The van der Waals surface area contributed by atoms with E-state index in [9.17, 15) is 18.4 Å². The van der Waals surface area contributed by atoms with E-state index in [2.05, 4.69) is 15.2 Å². The Morgan fingerprint density at radius 2 is 1.94 bits per heavy atom. The van der Waals surface area contributed by atoms with Gasteiger partial charge in [0.25, 0.3) is 0 Å². The van der Waals surface area contributed by atoms with E-state index in [1.807, 2.05) is 36.4 Å². The van der Waals surface area contributed by atoms with E-state index in [1.54, 1.807) is 0 Å². The van der Waals surface area contributed by atoms with E-state index in [1.165, 1.54) is 29.6 Å². The summed E-state index contributed by atoms with van der Waals surface area (Å²) >= 11 is 2.76. The molecule has 2 aliphatic rings. The minimum Gasteiger partial charge on any atom is -0.435 e. The van der Waals surface area contributed by atoms with Gasteiger partial charge in [-0.2, -0.15) is 18.4 Å². The fourth-order valence-electron chi connectivity index (χ4n) is 3.90. The first-order valence-electron chi connectivity index (χ1n) is 10.6. The second-order valence-corrected chi connectivity index (χ2v) is 10.4. The fourth-order valence-corrected chi connectivity index (χ4v) is 6.15. The summed E-state index contributed by atoms with van der Waals surface area (Å²) in [5, 5.41) is 18.8. The van der Waals surface area contributed by atoms with Crippen LogP contribution in [0.25, 0.3) is 22.7 Å². The molecule has 6 rings (SSSR count). The molecule has 0 atom stereocenters. The zero-order valence-electron chi connectivity index (χ0n) is 17.8. The topological polar surface area (TPSA) is 88.0 Å². The van der Waals surface area contributed by atoms with Crippen LogP contribution in [-0.4, -0.2) is 19.6 Å². The Morgan fingerprint density at radius 1 is 1.11 bits per heavy atom. The van der Waals surface area contributed by atoms with Gasteiger partial charge < -0.3 is 4.42 Å². The highest BCUT2D eigenvalue weighted by molar-refractivity contribution is 8.38. The smallest absolute Gasteiger partial charge is 0.416 e. The number of hydrogen-bond acceptors (Lipinski definition) is 8. The third-order valence-corrected chi connectivity index (χ3v) is 8.05. The molecule has 35 heavy (non-hydrogen) atoms. The van der Waals surface area contributed by atoms with Crippen LogP contribution in [0.1, 0.15) is 35.1 Å². The lowest BCUT2D eigenvalue weighted by Crippen LogP contribution is -2.14. The van der Waals surface area contributed by atoms with Crippen LogP contribution in [0.2, 0.25) is 0 Å². The Morgan fingerprint density at radius 3 is 2.69 bits per heavy atom. The highest BCUT2D eigenvalue weighted by Gasteiger charge is 2.49. The van der Waals surface area contributed by atoms with Crippen LogP contribution < -0.4 is 0 Å². The lowest BCUT2D eigenvalue weighted by Gasteiger charge is -2.21. The van der Waals surface area contributed by atoms with Crippen molar-refractivity contribution >= 4 is 39.0 Å². The van der Waals surface area contributed by atoms with Gasteiger partial charge in [0.2, 0.25) is 5.89 Å². The van der Waals surface area contributed by atoms with Crippen LogP contribution in [0.15, 0.2) is 63.0 Å². The number of nitrogens with zero attached hydrogens (tertiary/aromatic N) is 5. The van der Waals surface area contributed by atoms with Crippen molar-refractivity contribution in [2.24, 2.45) is 4.99 Å². The van der Waals surface area contributed by atoms with Crippen molar-refractivity contribution in [3.8, 4) is 17.7 Å². The second kappa shape index (κ2) is 8.10. The van der Waals surface area contributed by atoms with Gasteiger partial charge in [-0.3, -0.25) is 4.99 Å². The van der Waals surface area contributed by atoms with Crippen LogP contribution >= 0.6 is 23.5 Å². The van der Waals surface area contributed by atoms with E-state index in [4.69, 9.17) is 9.41 Å². The van der Waals surface area contributed by atoms with Gasteiger partial charge in [0.15, 0.2) is 5.58 Å². The number of para-hydroxylation sites is 2. The predicted molar refractivity (Wildman–Crippen MR) is 127 cm³/mol. The van der Waals surface area contributed by atoms with Crippen LogP contribution in [-0.2, 0) is 17.5 Å². The molecule has 2 aromatic carbocycles. The first-order valence-corrected chi connectivity index (χ1v) is 12.4. The van der Waals surface area contributed by atoms with Gasteiger partial charge in [-0.25, -0.2) is 4.98 Å². The van der Waals surface area contributed by atoms with Gasteiger partial charge in [0.1, 0.15) is 20.6 Å². The fraction of sp³-hybridized carbons (Fsp3) is 0.208. The molecule has 0 N–H and O–H groups in total. The molecule has 4 aromatic rings.